The number of thiazole rings is 1. The van der Waals surface area contributed by atoms with Crippen molar-refractivity contribution >= 4 is 45.6 Å². The molecular formula is C14H14Cl2N2O2S. The first-order valence-corrected chi connectivity index (χ1v) is 7.91. The number of aromatic nitrogens is 1. The van der Waals surface area contributed by atoms with Crippen LogP contribution in [0.4, 0.5) is 5.13 Å². The summed E-state index contributed by atoms with van der Waals surface area (Å²) < 4.78 is 5.51. The zero-order valence-electron chi connectivity index (χ0n) is 11.4. The molecule has 0 saturated carbocycles. The number of hydrogen-bond acceptors (Lipinski definition) is 4. The minimum absolute atomic E-state index is 0.0722. The first kappa shape index (κ1) is 16.1. The van der Waals surface area contributed by atoms with Gasteiger partial charge in [-0.25, -0.2) is 4.98 Å². The molecule has 1 N–H and O–H groups in total. The molecule has 0 atom stereocenters. The van der Waals surface area contributed by atoms with Crippen LogP contribution in [-0.2, 0) is 4.79 Å². The summed E-state index contributed by atoms with van der Waals surface area (Å²) in [5, 5.41) is 4.42. The number of carbonyl (C=O) groups excluding carboxylic acids is 1. The summed E-state index contributed by atoms with van der Waals surface area (Å²) in [7, 11) is 0. The molecule has 21 heavy (non-hydrogen) atoms. The third kappa shape index (κ3) is 5.53. The lowest BCUT2D eigenvalue weighted by Gasteiger charge is -2.07. The minimum atomic E-state index is -0.0722. The number of rotatable bonds is 6. The molecule has 1 aromatic heterocycles. The first-order chi connectivity index (χ1) is 10.0. The molecule has 1 aromatic carbocycles. The standard InChI is InChI=1S/C14H14Cl2N2O2S/c1-9-8-17-14(21-9)18-13(19)3-2-4-20-12-6-10(15)5-11(16)7-12/h5-8H,2-4H2,1H3,(H,17,18,19). The van der Waals surface area contributed by atoms with Crippen molar-refractivity contribution in [1.82, 2.24) is 4.98 Å². The fourth-order valence-corrected chi connectivity index (χ4v) is 2.82. The van der Waals surface area contributed by atoms with Gasteiger partial charge in [-0.1, -0.05) is 23.2 Å². The fraction of sp³-hybridized carbons (Fsp3) is 0.286. The summed E-state index contributed by atoms with van der Waals surface area (Å²) >= 11 is 13.2. The van der Waals surface area contributed by atoms with Crippen LogP contribution in [0.25, 0.3) is 0 Å². The molecule has 0 aliphatic heterocycles. The molecule has 0 spiro atoms. The Morgan fingerprint density at radius 3 is 2.67 bits per heavy atom. The van der Waals surface area contributed by atoms with Crippen LogP contribution in [0.1, 0.15) is 17.7 Å². The molecule has 1 amide bonds. The molecule has 0 bridgehead atoms. The maximum atomic E-state index is 11.7. The topological polar surface area (TPSA) is 51.2 Å². The Balaban J connectivity index is 1.70. The quantitative estimate of drug-likeness (QED) is 0.781. The predicted octanol–water partition coefficient (Wildman–Crippen LogP) is 4.56. The molecule has 2 rings (SSSR count). The summed E-state index contributed by atoms with van der Waals surface area (Å²) in [6.45, 7) is 2.36. The summed E-state index contributed by atoms with van der Waals surface area (Å²) in [6, 6.07) is 5.01. The van der Waals surface area contributed by atoms with E-state index in [-0.39, 0.29) is 5.91 Å². The van der Waals surface area contributed by atoms with E-state index in [1.807, 2.05) is 6.92 Å². The molecule has 112 valence electrons. The van der Waals surface area contributed by atoms with Gasteiger partial charge in [-0.15, -0.1) is 11.3 Å². The SMILES string of the molecule is Cc1cnc(NC(=O)CCCOc2cc(Cl)cc(Cl)c2)s1. The monoisotopic (exact) mass is 344 g/mol. The molecule has 1 heterocycles. The second kappa shape index (κ2) is 7.64. The number of nitrogens with one attached hydrogen (secondary N) is 1. The molecule has 0 unspecified atom stereocenters. The van der Waals surface area contributed by atoms with Gasteiger partial charge in [0.25, 0.3) is 0 Å². The second-order valence-corrected chi connectivity index (χ2v) is 6.49. The highest BCUT2D eigenvalue weighted by molar-refractivity contribution is 7.15. The van der Waals surface area contributed by atoms with Crippen LogP contribution in [0.3, 0.4) is 0 Å². The van der Waals surface area contributed by atoms with E-state index in [4.69, 9.17) is 27.9 Å². The van der Waals surface area contributed by atoms with Crippen LogP contribution in [0.5, 0.6) is 5.75 Å². The fourth-order valence-electron chi connectivity index (χ4n) is 1.63. The molecule has 0 aliphatic carbocycles. The number of nitrogens with zero attached hydrogens (tertiary/aromatic N) is 1. The van der Waals surface area contributed by atoms with Gasteiger partial charge in [-0.05, 0) is 31.5 Å². The third-order valence-corrected chi connectivity index (χ3v) is 3.79. The van der Waals surface area contributed by atoms with E-state index in [1.165, 1.54) is 11.3 Å². The van der Waals surface area contributed by atoms with Crippen molar-refractivity contribution in [3.8, 4) is 5.75 Å². The van der Waals surface area contributed by atoms with Crippen LogP contribution in [0, 0.1) is 6.92 Å². The normalized spacial score (nSPS) is 10.4. The van der Waals surface area contributed by atoms with Crippen molar-refractivity contribution in [2.75, 3.05) is 11.9 Å². The van der Waals surface area contributed by atoms with Crippen molar-refractivity contribution in [2.45, 2.75) is 19.8 Å². The number of anilines is 1. The zero-order chi connectivity index (χ0) is 15.2. The molecule has 4 nitrogen and oxygen atoms in total. The van der Waals surface area contributed by atoms with Crippen LogP contribution >= 0.6 is 34.5 Å². The van der Waals surface area contributed by atoms with E-state index >= 15 is 0 Å². The van der Waals surface area contributed by atoms with Crippen LogP contribution in [-0.4, -0.2) is 17.5 Å². The summed E-state index contributed by atoms with van der Waals surface area (Å²) in [4.78, 5) is 16.8. The number of amides is 1. The van der Waals surface area contributed by atoms with Crippen LogP contribution in [0.15, 0.2) is 24.4 Å². The maximum absolute atomic E-state index is 11.7. The molecule has 0 radical (unpaired) electrons. The third-order valence-electron chi connectivity index (χ3n) is 2.52. The lowest BCUT2D eigenvalue weighted by atomic mass is 10.3. The lowest BCUT2D eigenvalue weighted by Crippen LogP contribution is -2.12. The number of aryl methyl sites for hydroxylation is 1. The van der Waals surface area contributed by atoms with E-state index in [0.717, 1.165) is 4.88 Å². The highest BCUT2D eigenvalue weighted by Gasteiger charge is 2.05. The smallest absolute Gasteiger partial charge is 0.226 e. The van der Waals surface area contributed by atoms with Gasteiger partial charge < -0.3 is 10.1 Å². The Morgan fingerprint density at radius 1 is 1.33 bits per heavy atom. The number of hydrogen-bond donors (Lipinski definition) is 1. The Morgan fingerprint density at radius 2 is 2.05 bits per heavy atom. The number of carbonyl (C=O) groups is 1. The summed E-state index contributed by atoms with van der Waals surface area (Å²) in [5.41, 5.74) is 0. The highest BCUT2D eigenvalue weighted by atomic mass is 35.5. The van der Waals surface area contributed by atoms with E-state index in [2.05, 4.69) is 10.3 Å². The molecule has 0 fully saturated rings. The average Bonchev–Trinajstić information content (AvgIpc) is 2.79. The van der Waals surface area contributed by atoms with E-state index in [9.17, 15) is 4.79 Å². The number of ether oxygens (including phenoxy) is 1. The summed E-state index contributed by atoms with van der Waals surface area (Å²) in [5.74, 6) is 0.528. The first-order valence-electron chi connectivity index (χ1n) is 6.34. The van der Waals surface area contributed by atoms with Gasteiger partial charge >= 0.3 is 0 Å². The van der Waals surface area contributed by atoms with Crippen molar-refractivity contribution in [1.29, 1.82) is 0 Å². The van der Waals surface area contributed by atoms with Crippen molar-refractivity contribution in [3.63, 3.8) is 0 Å². The molecule has 0 aliphatic rings. The maximum Gasteiger partial charge on any atom is 0.226 e. The number of benzene rings is 1. The molecular weight excluding hydrogens is 331 g/mol. The van der Waals surface area contributed by atoms with E-state index in [0.29, 0.717) is 40.4 Å². The largest absolute Gasteiger partial charge is 0.493 e. The molecule has 7 heteroatoms. The van der Waals surface area contributed by atoms with Gasteiger partial charge in [0.2, 0.25) is 5.91 Å². The van der Waals surface area contributed by atoms with Gasteiger partial charge in [0.1, 0.15) is 5.75 Å². The Labute approximate surface area is 137 Å². The van der Waals surface area contributed by atoms with Gasteiger partial charge in [0, 0.05) is 27.5 Å². The molecule has 2 aromatic rings. The Kier molecular flexibility index (Phi) is 5.85. The zero-order valence-corrected chi connectivity index (χ0v) is 13.7. The number of halogens is 2. The Bertz CT molecular complexity index is 611. The molecule has 0 saturated heterocycles. The van der Waals surface area contributed by atoms with Gasteiger partial charge in [-0.3, -0.25) is 4.79 Å². The highest BCUT2D eigenvalue weighted by Crippen LogP contribution is 2.24. The van der Waals surface area contributed by atoms with Crippen molar-refractivity contribution in [3.05, 3.63) is 39.3 Å². The van der Waals surface area contributed by atoms with Gasteiger partial charge in [-0.2, -0.15) is 0 Å². The van der Waals surface area contributed by atoms with Crippen molar-refractivity contribution in [2.24, 2.45) is 0 Å². The summed E-state index contributed by atoms with van der Waals surface area (Å²) in [6.07, 6.45) is 2.69. The van der Waals surface area contributed by atoms with E-state index in [1.54, 1.807) is 24.4 Å². The van der Waals surface area contributed by atoms with Crippen molar-refractivity contribution < 1.29 is 9.53 Å². The van der Waals surface area contributed by atoms with Crippen LogP contribution < -0.4 is 10.1 Å². The Hall–Kier alpha value is -1.30. The minimum Gasteiger partial charge on any atom is -0.493 e. The van der Waals surface area contributed by atoms with Gasteiger partial charge in [0.15, 0.2) is 5.13 Å². The van der Waals surface area contributed by atoms with E-state index < -0.39 is 0 Å². The average molecular weight is 345 g/mol. The van der Waals surface area contributed by atoms with Crippen LogP contribution in [0.2, 0.25) is 10.0 Å². The van der Waals surface area contributed by atoms with Gasteiger partial charge in [0.05, 0.1) is 6.61 Å². The lowest BCUT2D eigenvalue weighted by molar-refractivity contribution is -0.116. The second-order valence-electron chi connectivity index (χ2n) is 4.38. The predicted molar refractivity (Wildman–Crippen MR) is 86.7 cm³/mol.